The number of hydrogen-bond acceptors (Lipinski definition) is 5. The van der Waals surface area contributed by atoms with Crippen molar-refractivity contribution in [1.29, 1.82) is 0 Å². The third kappa shape index (κ3) is 3.35. The van der Waals surface area contributed by atoms with E-state index in [4.69, 9.17) is 23.2 Å². The summed E-state index contributed by atoms with van der Waals surface area (Å²) in [7, 11) is 0. The summed E-state index contributed by atoms with van der Waals surface area (Å²) in [5.74, 6) is -4.28. The predicted octanol–water partition coefficient (Wildman–Crippen LogP) is 2.87. The number of carbonyl (C=O) groups excluding carboxylic acids is 1. The molecule has 1 amide bonds. The van der Waals surface area contributed by atoms with Crippen molar-refractivity contribution < 1.29 is 13.6 Å². The van der Waals surface area contributed by atoms with Crippen LogP contribution in [0.1, 0.15) is 5.56 Å². The molecule has 1 aromatic carbocycles. The first kappa shape index (κ1) is 18.8. The smallest absolute Gasteiger partial charge is 0.350 e. The van der Waals surface area contributed by atoms with Crippen molar-refractivity contribution in [2.45, 2.75) is 5.92 Å². The minimum atomic E-state index is -3.68. The van der Waals surface area contributed by atoms with Crippen LogP contribution in [-0.4, -0.2) is 56.8 Å². The molecular weight excluding hydrogens is 413 g/mol. The van der Waals surface area contributed by atoms with E-state index in [1.165, 1.54) is 16.9 Å². The van der Waals surface area contributed by atoms with Crippen molar-refractivity contribution in [1.82, 2.24) is 24.7 Å². The molecular formula is C17H14Cl2F2N6O. The summed E-state index contributed by atoms with van der Waals surface area (Å²) >= 11 is 11.6. The third-order valence-electron chi connectivity index (χ3n) is 4.59. The summed E-state index contributed by atoms with van der Waals surface area (Å²) in [6.07, 6.45) is 1.48. The van der Waals surface area contributed by atoms with Gasteiger partial charge in [0.2, 0.25) is 0 Å². The van der Waals surface area contributed by atoms with Crippen LogP contribution in [0.3, 0.4) is 0 Å². The van der Waals surface area contributed by atoms with Gasteiger partial charge in [0.1, 0.15) is 12.1 Å². The molecule has 0 N–H and O–H groups in total. The van der Waals surface area contributed by atoms with Gasteiger partial charge in [0.15, 0.2) is 5.65 Å². The van der Waals surface area contributed by atoms with Gasteiger partial charge in [-0.3, -0.25) is 4.79 Å². The van der Waals surface area contributed by atoms with Gasteiger partial charge in [-0.05, 0) is 24.3 Å². The first-order valence-electron chi connectivity index (χ1n) is 8.41. The molecule has 0 atom stereocenters. The van der Waals surface area contributed by atoms with E-state index in [-0.39, 0.29) is 23.1 Å². The number of carbonyl (C=O) groups is 1. The lowest BCUT2D eigenvalue weighted by Crippen LogP contribution is -2.52. The van der Waals surface area contributed by atoms with Crippen LogP contribution < -0.4 is 4.90 Å². The van der Waals surface area contributed by atoms with E-state index >= 15 is 0 Å². The number of aromatic nitrogens is 4. The largest absolute Gasteiger partial charge is 0.352 e. The Hall–Kier alpha value is -2.52. The Kier molecular flexibility index (Phi) is 4.80. The molecule has 28 heavy (non-hydrogen) atoms. The maximum Gasteiger partial charge on any atom is 0.350 e. The Labute approximate surface area is 168 Å². The van der Waals surface area contributed by atoms with Crippen LogP contribution in [0.5, 0.6) is 0 Å². The van der Waals surface area contributed by atoms with Crippen LogP contribution >= 0.6 is 23.2 Å². The Morgan fingerprint density at radius 1 is 1.04 bits per heavy atom. The standard InChI is InChI=1S/C17H14Cl2F2N6O/c18-12-2-1-11(9-13(12)19)17(20,21)16(28)26-7-5-25(6-8-26)15-4-3-14-23-22-10-27(14)24-15/h1-4,9-10H,5-8H2. The summed E-state index contributed by atoms with van der Waals surface area (Å²) in [4.78, 5) is 15.5. The maximum absolute atomic E-state index is 14.7. The Morgan fingerprint density at radius 2 is 1.79 bits per heavy atom. The molecule has 3 heterocycles. The normalized spacial score (nSPS) is 15.3. The van der Waals surface area contributed by atoms with Gasteiger partial charge in [0.25, 0.3) is 5.91 Å². The summed E-state index contributed by atoms with van der Waals surface area (Å²) in [5.41, 5.74) is 0.132. The van der Waals surface area contributed by atoms with Crippen LogP contribution in [-0.2, 0) is 10.7 Å². The van der Waals surface area contributed by atoms with E-state index in [1.54, 1.807) is 12.1 Å². The molecule has 2 aromatic heterocycles. The maximum atomic E-state index is 14.7. The molecule has 0 saturated carbocycles. The summed E-state index contributed by atoms with van der Waals surface area (Å²) in [6.45, 7) is 1.06. The average Bonchev–Trinajstić information content (AvgIpc) is 3.17. The number of benzene rings is 1. The van der Waals surface area contributed by atoms with E-state index in [0.29, 0.717) is 24.6 Å². The van der Waals surface area contributed by atoms with Gasteiger partial charge in [-0.1, -0.05) is 29.3 Å². The van der Waals surface area contributed by atoms with Crippen molar-refractivity contribution in [3.05, 3.63) is 52.3 Å². The van der Waals surface area contributed by atoms with E-state index in [1.807, 2.05) is 4.90 Å². The lowest BCUT2D eigenvalue weighted by molar-refractivity contribution is -0.159. The fraction of sp³-hybridized carbons (Fsp3) is 0.294. The third-order valence-corrected chi connectivity index (χ3v) is 5.33. The summed E-state index contributed by atoms with van der Waals surface area (Å²) < 4.78 is 30.9. The monoisotopic (exact) mass is 426 g/mol. The highest BCUT2D eigenvalue weighted by Gasteiger charge is 2.44. The van der Waals surface area contributed by atoms with Gasteiger partial charge in [-0.15, -0.1) is 15.3 Å². The zero-order chi connectivity index (χ0) is 19.9. The van der Waals surface area contributed by atoms with Gasteiger partial charge < -0.3 is 9.80 Å². The first-order valence-corrected chi connectivity index (χ1v) is 9.16. The van der Waals surface area contributed by atoms with E-state index < -0.39 is 17.4 Å². The molecule has 11 heteroatoms. The molecule has 1 fully saturated rings. The highest BCUT2D eigenvalue weighted by Crippen LogP contribution is 2.34. The number of piperazine rings is 1. The van der Waals surface area contributed by atoms with Crippen molar-refractivity contribution in [3.8, 4) is 0 Å². The molecule has 1 aliphatic rings. The second-order valence-electron chi connectivity index (χ2n) is 6.31. The number of amides is 1. The van der Waals surface area contributed by atoms with Crippen molar-refractivity contribution in [3.63, 3.8) is 0 Å². The topological polar surface area (TPSA) is 66.6 Å². The fourth-order valence-electron chi connectivity index (χ4n) is 3.04. The number of anilines is 1. The molecule has 1 saturated heterocycles. The Balaban J connectivity index is 1.46. The van der Waals surface area contributed by atoms with Crippen LogP contribution in [0, 0.1) is 0 Å². The number of nitrogens with zero attached hydrogens (tertiary/aromatic N) is 6. The molecule has 7 nitrogen and oxygen atoms in total. The van der Waals surface area contributed by atoms with E-state index in [0.717, 1.165) is 17.0 Å². The number of hydrogen-bond donors (Lipinski definition) is 0. The minimum absolute atomic E-state index is 0.0214. The molecule has 0 spiro atoms. The number of fused-ring (bicyclic) bond motifs is 1. The lowest BCUT2D eigenvalue weighted by atomic mass is 10.1. The van der Waals surface area contributed by atoms with Crippen LogP contribution in [0.4, 0.5) is 14.6 Å². The van der Waals surface area contributed by atoms with E-state index in [9.17, 15) is 13.6 Å². The van der Waals surface area contributed by atoms with Crippen molar-refractivity contribution in [2.24, 2.45) is 0 Å². The Morgan fingerprint density at radius 3 is 2.50 bits per heavy atom. The average molecular weight is 427 g/mol. The number of alkyl halides is 2. The number of rotatable bonds is 3. The minimum Gasteiger partial charge on any atom is -0.352 e. The molecule has 3 aromatic rings. The van der Waals surface area contributed by atoms with Crippen molar-refractivity contribution >= 4 is 40.6 Å². The van der Waals surface area contributed by atoms with Gasteiger partial charge in [-0.25, -0.2) is 0 Å². The second-order valence-corrected chi connectivity index (χ2v) is 7.12. The SMILES string of the molecule is O=C(N1CCN(c2ccc3nncn3n2)CC1)C(F)(F)c1ccc(Cl)c(Cl)c1. The van der Waals surface area contributed by atoms with Gasteiger partial charge in [-0.2, -0.15) is 13.3 Å². The summed E-state index contributed by atoms with van der Waals surface area (Å²) in [6, 6.07) is 6.94. The predicted molar refractivity (Wildman–Crippen MR) is 99.9 cm³/mol. The Bertz CT molecular complexity index is 1040. The molecule has 4 rings (SSSR count). The van der Waals surface area contributed by atoms with Gasteiger partial charge >= 0.3 is 5.92 Å². The summed E-state index contributed by atoms with van der Waals surface area (Å²) in [5, 5.41) is 12.2. The highest BCUT2D eigenvalue weighted by molar-refractivity contribution is 6.42. The zero-order valence-electron chi connectivity index (χ0n) is 14.4. The van der Waals surface area contributed by atoms with Crippen molar-refractivity contribution in [2.75, 3.05) is 31.1 Å². The van der Waals surface area contributed by atoms with E-state index in [2.05, 4.69) is 15.3 Å². The zero-order valence-corrected chi connectivity index (χ0v) is 15.9. The van der Waals surface area contributed by atoms with Crippen LogP contribution in [0.2, 0.25) is 10.0 Å². The number of halogens is 4. The second kappa shape index (κ2) is 7.14. The molecule has 0 radical (unpaired) electrons. The quantitative estimate of drug-likeness (QED) is 0.643. The molecule has 1 aliphatic heterocycles. The van der Waals surface area contributed by atoms with Gasteiger partial charge in [0.05, 0.1) is 10.0 Å². The molecule has 0 bridgehead atoms. The molecule has 0 aliphatic carbocycles. The van der Waals surface area contributed by atoms with Crippen LogP contribution in [0.15, 0.2) is 36.7 Å². The lowest BCUT2D eigenvalue weighted by Gasteiger charge is -2.36. The first-order chi connectivity index (χ1) is 13.4. The van der Waals surface area contributed by atoms with Crippen LogP contribution in [0.25, 0.3) is 5.65 Å². The highest BCUT2D eigenvalue weighted by atomic mass is 35.5. The van der Waals surface area contributed by atoms with Gasteiger partial charge in [0, 0.05) is 31.7 Å². The molecule has 0 unspecified atom stereocenters. The fourth-order valence-corrected chi connectivity index (χ4v) is 3.34. The molecule has 146 valence electrons.